The van der Waals surface area contributed by atoms with E-state index in [-0.39, 0.29) is 0 Å². The maximum Gasteiger partial charge on any atom is 0.235 e. The average Bonchev–Trinajstić information content (AvgIpc) is 2.06. The third-order valence-electron chi connectivity index (χ3n) is 2.70. The Hall–Kier alpha value is -0.220. The Labute approximate surface area is 83.2 Å². The van der Waals surface area contributed by atoms with Crippen LogP contribution in [0.3, 0.4) is 0 Å². The fraction of sp³-hybridized carbons (Fsp3) is 0.889. The third-order valence-corrected chi connectivity index (χ3v) is 4.15. The number of thioether (sulfide) groups is 1. The van der Waals surface area contributed by atoms with Gasteiger partial charge in [-0.15, -0.1) is 11.8 Å². The second-order valence-corrected chi connectivity index (χ2v) is 5.23. The van der Waals surface area contributed by atoms with Crippen molar-refractivity contribution in [2.75, 3.05) is 26.7 Å². The van der Waals surface area contributed by atoms with Crippen molar-refractivity contribution in [1.29, 1.82) is 0 Å². The Morgan fingerprint density at radius 1 is 1.69 bits per heavy atom. The Bertz CT molecular complexity index is 204. The van der Waals surface area contributed by atoms with Gasteiger partial charge in [-0.1, -0.05) is 0 Å². The maximum atomic E-state index is 11.6. The number of piperidine rings is 1. The van der Waals surface area contributed by atoms with Gasteiger partial charge in [0.15, 0.2) is 0 Å². The van der Waals surface area contributed by atoms with Crippen molar-refractivity contribution in [3.05, 3.63) is 0 Å². The van der Waals surface area contributed by atoms with E-state index in [0.717, 1.165) is 37.7 Å². The zero-order valence-corrected chi connectivity index (χ0v) is 8.77. The van der Waals surface area contributed by atoms with Gasteiger partial charge in [-0.05, 0) is 26.4 Å². The summed E-state index contributed by atoms with van der Waals surface area (Å²) < 4.78 is 0. The third kappa shape index (κ3) is 1.83. The molecule has 13 heavy (non-hydrogen) atoms. The van der Waals surface area contributed by atoms with Crippen LogP contribution in [0.1, 0.15) is 12.8 Å². The van der Waals surface area contributed by atoms with Crippen LogP contribution in [0.4, 0.5) is 0 Å². The number of hydrogen-bond donors (Lipinski definition) is 1. The van der Waals surface area contributed by atoms with Crippen LogP contribution in [-0.2, 0) is 4.79 Å². The summed E-state index contributed by atoms with van der Waals surface area (Å²) in [4.78, 5) is 13.7. The Morgan fingerprint density at radius 2 is 2.46 bits per heavy atom. The molecule has 3 nitrogen and oxygen atoms in total. The Morgan fingerprint density at radius 3 is 3.08 bits per heavy atom. The molecule has 3 heterocycles. The number of carbonyl (C=O) groups is 1. The van der Waals surface area contributed by atoms with Crippen LogP contribution in [0.5, 0.6) is 0 Å². The number of fused-ring (bicyclic) bond motifs is 2. The molecule has 3 saturated heterocycles. The first kappa shape index (κ1) is 9.34. The normalized spacial score (nSPS) is 31.8. The van der Waals surface area contributed by atoms with Crippen molar-refractivity contribution >= 4 is 17.7 Å². The van der Waals surface area contributed by atoms with Crippen molar-refractivity contribution < 1.29 is 4.79 Å². The van der Waals surface area contributed by atoms with Crippen LogP contribution >= 0.6 is 11.8 Å². The number of carbonyl (C=O) groups excluding carboxylic acids is 1. The molecule has 0 radical (unpaired) electrons. The highest BCUT2D eigenvalue weighted by Crippen LogP contribution is 2.42. The van der Waals surface area contributed by atoms with Gasteiger partial charge in [-0.2, -0.15) is 0 Å². The van der Waals surface area contributed by atoms with Gasteiger partial charge < -0.3 is 10.2 Å². The molecule has 3 aliphatic heterocycles. The molecule has 0 saturated carbocycles. The quantitative estimate of drug-likeness (QED) is 0.663. The van der Waals surface area contributed by atoms with Crippen molar-refractivity contribution in [3.8, 4) is 0 Å². The van der Waals surface area contributed by atoms with E-state index in [1.54, 1.807) is 0 Å². The lowest BCUT2D eigenvalue weighted by atomic mass is 10.1. The summed E-state index contributed by atoms with van der Waals surface area (Å²) in [6.45, 7) is 2.93. The number of hydrogen-bond acceptors (Lipinski definition) is 3. The van der Waals surface area contributed by atoms with E-state index in [1.807, 2.05) is 23.7 Å². The smallest absolute Gasteiger partial charge is 0.235 e. The van der Waals surface area contributed by atoms with Gasteiger partial charge >= 0.3 is 0 Å². The molecule has 1 amide bonds. The summed E-state index contributed by atoms with van der Waals surface area (Å²) in [5, 5.41) is 4.16. The lowest BCUT2D eigenvalue weighted by molar-refractivity contribution is -0.133. The van der Waals surface area contributed by atoms with Crippen LogP contribution in [0.2, 0.25) is 0 Å². The van der Waals surface area contributed by atoms with Crippen LogP contribution in [-0.4, -0.2) is 48.0 Å². The first-order valence-corrected chi connectivity index (χ1v) is 5.84. The van der Waals surface area contributed by atoms with E-state index in [2.05, 4.69) is 5.32 Å². The molecular weight excluding hydrogens is 184 g/mol. The summed E-state index contributed by atoms with van der Waals surface area (Å²) in [7, 11) is 1.95. The summed E-state index contributed by atoms with van der Waals surface area (Å²) in [6, 6.07) is 0. The van der Waals surface area contributed by atoms with E-state index in [0.29, 0.717) is 11.2 Å². The number of nitrogens with one attached hydrogen (secondary N) is 1. The van der Waals surface area contributed by atoms with Gasteiger partial charge in [0.1, 0.15) is 0 Å². The first-order chi connectivity index (χ1) is 6.31. The molecule has 74 valence electrons. The Kier molecular flexibility index (Phi) is 2.79. The fourth-order valence-electron chi connectivity index (χ4n) is 1.92. The molecular formula is C9H16N2OS. The molecule has 0 aromatic heterocycles. The lowest BCUT2D eigenvalue weighted by Gasteiger charge is -2.45. The molecule has 4 heteroatoms. The SMILES string of the molecule is CNCCCN1CC2CC(S2)C1=O. The summed E-state index contributed by atoms with van der Waals surface area (Å²) in [5.41, 5.74) is 0. The summed E-state index contributed by atoms with van der Waals surface area (Å²) in [6.07, 6.45) is 2.21. The van der Waals surface area contributed by atoms with E-state index >= 15 is 0 Å². The zero-order chi connectivity index (χ0) is 9.26. The van der Waals surface area contributed by atoms with Crippen molar-refractivity contribution in [1.82, 2.24) is 10.2 Å². The molecule has 0 spiro atoms. The average molecular weight is 200 g/mol. The van der Waals surface area contributed by atoms with Crippen LogP contribution in [0.25, 0.3) is 0 Å². The molecule has 2 unspecified atom stereocenters. The van der Waals surface area contributed by atoms with Crippen molar-refractivity contribution in [2.24, 2.45) is 0 Å². The standard InChI is InChI=1S/C9H16N2OS/c1-10-3-2-4-11-6-7-5-8(13-7)9(11)12/h7-8,10H,2-6H2,1H3. The number of rotatable bonds is 4. The largest absolute Gasteiger partial charge is 0.341 e. The summed E-state index contributed by atoms with van der Waals surface area (Å²) in [5.74, 6) is 0.378. The predicted molar refractivity (Wildman–Crippen MR) is 54.9 cm³/mol. The second-order valence-electron chi connectivity index (χ2n) is 3.72. The Balaban J connectivity index is 1.76. The lowest BCUT2D eigenvalue weighted by Crippen LogP contribution is -2.55. The van der Waals surface area contributed by atoms with Gasteiger partial charge in [0, 0.05) is 18.3 Å². The van der Waals surface area contributed by atoms with Gasteiger partial charge in [-0.25, -0.2) is 0 Å². The van der Waals surface area contributed by atoms with Crippen LogP contribution in [0.15, 0.2) is 0 Å². The van der Waals surface area contributed by atoms with E-state index in [1.165, 1.54) is 0 Å². The van der Waals surface area contributed by atoms with E-state index < -0.39 is 0 Å². The monoisotopic (exact) mass is 200 g/mol. The van der Waals surface area contributed by atoms with Crippen molar-refractivity contribution in [2.45, 2.75) is 23.3 Å². The molecule has 3 fully saturated rings. The number of nitrogens with zero attached hydrogens (tertiary/aromatic N) is 1. The van der Waals surface area contributed by atoms with Gasteiger partial charge in [-0.3, -0.25) is 4.79 Å². The number of amides is 1. The van der Waals surface area contributed by atoms with E-state index in [9.17, 15) is 4.79 Å². The highest BCUT2D eigenvalue weighted by Gasteiger charge is 2.43. The van der Waals surface area contributed by atoms with Crippen molar-refractivity contribution in [3.63, 3.8) is 0 Å². The fourth-order valence-corrected chi connectivity index (χ4v) is 3.21. The summed E-state index contributed by atoms with van der Waals surface area (Å²) >= 11 is 1.86. The molecule has 1 N–H and O–H groups in total. The zero-order valence-electron chi connectivity index (χ0n) is 7.95. The molecule has 2 bridgehead atoms. The minimum absolute atomic E-state index is 0.313. The molecule has 0 aromatic rings. The van der Waals surface area contributed by atoms with Gasteiger partial charge in [0.2, 0.25) is 5.91 Å². The maximum absolute atomic E-state index is 11.6. The van der Waals surface area contributed by atoms with Crippen LogP contribution in [0, 0.1) is 0 Å². The first-order valence-electron chi connectivity index (χ1n) is 4.90. The van der Waals surface area contributed by atoms with Gasteiger partial charge in [0.25, 0.3) is 0 Å². The molecule has 3 aliphatic rings. The topological polar surface area (TPSA) is 32.3 Å². The van der Waals surface area contributed by atoms with E-state index in [4.69, 9.17) is 0 Å². The van der Waals surface area contributed by atoms with Gasteiger partial charge in [0.05, 0.1) is 5.25 Å². The molecule has 3 rings (SSSR count). The van der Waals surface area contributed by atoms with Crippen LogP contribution < -0.4 is 5.32 Å². The molecule has 0 aliphatic carbocycles. The second kappa shape index (κ2) is 3.88. The highest BCUT2D eigenvalue weighted by molar-refractivity contribution is 8.02. The molecule has 2 atom stereocenters. The highest BCUT2D eigenvalue weighted by atomic mass is 32.2. The predicted octanol–water partition coefficient (Wildman–Crippen LogP) is 0.312. The molecule has 0 aromatic carbocycles. The minimum Gasteiger partial charge on any atom is -0.341 e. The minimum atomic E-state index is 0.313.